The predicted molar refractivity (Wildman–Crippen MR) is 84.2 cm³/mol. The highest BCUT2D eigenvalue weighted by molar-refractivity contribution is 7.16. The summed E-state index contributed by atoms with van der Waals surface area (Å²) in [5.41, 5.74) is 0.785. The van der Waals surface area contributed by atoms with Gasteiger partial charge >= 0.3 is 0 Å². The van der Waals surface area contributed by atoms with Crippen LogP contribution in [0.1, 0.15) is 11.1 Å². The van der Waals surface area contributed by atoms with Crippen molar-refractivity contribution in [3.63, 3.8) is 0 Å². The minimum atomic E-state index is -1.71. The fourth-order valence-corrected chi connectivity index (χ4v) is 3.05. The van der Waals surface area contributed by atoms with Crippen LogP contribution < -0.4 is 0 Å². The van der Waals surface area contributed by atoms with Crippen LogP contribution in [0.15, 0.2) is 30.3 Å². The Hall–Kier alpha value is -1.95. The standard InChI is InChI=1S/C14H16N4O5S/c19-6-8(20)9(21)10(22)11(23)13-17-18-12(15-16-14(18)24-13)7-4-2-1-3-5-7/h1-5,8-11,19-23H,6H2/t8-,9-,10+,11-/m1/s1. The zero-order chi connectivity index (χ0) is 17.3. The van der Waals surface area contributed by atoms with Crippen LogP contribution in [0, 0.1) is 0 Å². The lowest BCUT2D eigenvalue weighted by Gasteiger charge is -2.24. The largest absolute Gasteiger partial charge is 0.394 e. The number of fused-ring (bicyclic) bond motifs is 1. The summed E-state index contributed by atoms with van der Waals surface area (Å²) < 4.78 is 1.43. The minimum absolute atomic E-state index is 0.105. The molecule has 9 nitrogen and oxygen atoms in total. The number of aliphatic hydroxyl groups excluding tert-OH is 5. The Bertz CT molecular complexity index is 808. The van der Waals surface area contributed by atoms with Crippen LogP contribution in [0.4, 0.5) is 0 Å². The molecule has 1 aromatic carbocycles. The highest BCUT2D eigenvalue weighted by Gasteiger charge is 2.33. The highest BCUT2D eigenvalue weighted by Crippen LogP contribution is 2.27. The Balaban J connectivity index is 1.90. The lowest BCUT2D eigenvalue weighted by molar-refractivity contribution is -0.116. The van der Waals surface area contributed by atoms with Gasteiger partial charge in [-0.25, -0.2) is 0 Å². The van der Waals surface area contributed by atoms with E-state index in [1.54, 1.807) is 0 Å². The molecule has 0 bridgehead atoms. The molecule has 0 amide bonds. The maximum absolute atomic E-state index is 10.2. The topological polar surface area (TPSA) is 144 Å². The number of benzene rings is 1. The molecule has 0 spiro atoms. The molecule has 4 atom stereocenters. The molecule has 128 valence electrons. The molecule has 3 aromatic rings. The molecular weight excluding hydrogens is 336 g/mol. The van der Waals surface area contributed by atoms with Gasteiger partial charge in [0.25, 0.3) is 0 Å². The summed E-state index contributed by atoms with van der Waals surface area (Å²) in [6, 6.07) is 9.22. The Morgan fingerprint density at radius 3 is 2.38 bits per heavy atom. The summed E-state index contributed by atoms with van der Waals surface area (Å²) in [4.78, 5) is 0.410. The first-order valence-corrected chi connectivity index (χ1v) is 7.95. The van der Waals surface area contributed by atoms with Gasteiger partial charge in [-0.1, -0.05) is 41.7 Å². The summed E-state index contributed by atoms with van der Waals surface area (Å²) in [5, 5.41) is 60.3. The van der Waals surface area contributed by atoms with E-state index < -0.39 is 31.0 Å². The molecule has 0 saturated carbocycles. The number of aliphatic hydroxyl groups is 5. The molecule has 2 heterocycles. The molecule has 5 N–H and O–H groups in total. The van der Waals surface area contributed by atoms with Crippen molar-refractivity contribution in [2.75, 3.05) is 6.61 Å². The molecular formula is C14H16N4O5S. The normalized spacial score (nSPS) is 16.9. The average Bonchev–Trinajstić information content (AvgIpc) is 3.20. The summed E-state index contributed by atoms with van der Waals surface area (Å²) >= 11 is 0.999. The molecule has 0 aliphatic rings. The maximum atomic E-state index is 10.2. The zero-order valence-corrected chi connectivity index (χ0v) is 13.2. The van der Waals surface area contributed by atoms with Crippen LogP contribution >= 0.6 is 11.3 Å². The Kier molecular flexibility index (Phi) is 4.85. The Morgan fingerprint density at radius 1 is 1.00 bits per heavy atom. The van der Waals surface area contributed by atoms with E-state index in [1.165, 1.54) is 4.52 Å². The van der Waals surface area contributed by atoms with E-state index in [4.69, 9.17) is 5.11 Å². The van der Waals surface area contributed by atoms with Crippen LogP contribution in [0.25, 0.3) is 16.3 Å². The number of nitrogens with zero attached hydrogens (tertiary/aromatic N) is 4. The van der Waals surface area contributed by atoms with Gasteiger partial charge in [-0.05, 0) is 0 Å². The van der Waals surface area contributed by atoms with E-state index in [9.17, 15) is 20.4 Å². The van der Waals surface area contributed by atoms with E-state index in [0.29, 0.717) is 10.8 Å². The van der Waals surface area contributed by atoms with Gasteiger partial charge in [0.2, 0.25) is 4.96 Å². The summed E-state index contributed by atoms with van der Waals surface area (Å²) in [6.07, 6.45) is -6.54. The van der Waals surface area contributed by atoms with E-state index in [2.05, 4.69) is 15.3 Å². The molecule has 2 aromatic heterocycles. The molecule has 0 unspecified atom stereocenters. The molecule has 0 radical (unpaired) electrons. The van der Waals surface area contributed by atoms with Gasteiger partial charge in [0.15, 0.2) is 5.82 Å². The quantitative estimate of drug-likeness (QED) is 0.378. The van der Waals surface area contributed by atoms with Crippen molar-refractivity contribution < 1.29 is 25.5 Å². The number of hydrogen-bond acceptors (Lipinski definition) is 9. The monoisotopic (exact) mass is 352 g/mol. The number of hydrogen-bond donors (Lipinski definition) is 5. The van der Waals surface area contributed by atoms with Crippen molar-refractivity contribution in [1.29, 1.82) is 0 Å². The molecule has 24 heavy (non-hydrogen) atoms. The zero-order valence-electron chi connectivity index (χ0n) is 12.3. The van der Waals surface area contributed by atoms with Crippen molar-refractivity contribution in [2.24, 2.45) is 0 Å². The lowest BCUT2D eigenvalue weighted by Crippen LogP contribution is -2.42. The predicted octanol–water partition coefficient (Wildman–Crippen LogP) is -1.04. The van der Waals surface area contributed by atoms with Crippen molar-refractivity contribution in [1.82, 2.24) is 19.8 Å². The molecule has 0 aliphatic heterocycles. The van der Waals surface area contributed by atoms with Gasteiger partial charge in [-0.2, -0.15) is 9.61 Å². The van der Waals surface area contributed by atoms with E-state index in [0.717, 1.165) is 16.9 Å². The number of aromatic nitrogens is 4. The van der Waals surface area contributed by atoms with Gasteiger partial charge in [0.1, 0.15) is 29.4 Å². The summed E-state index contributed by atoms with van der Waals surface area (Å²) in [6.45, 7) is -0.742. The van der Waals surface area contributed by atoms with Crippen molar-refractivity contribution >= 4 is 16.3 Å². The van der Waals surface area contributed by atoms with Crippen LogP contribution in [0.2, 0.25) is 0 Å². The molecule has 0 saturated heterocycles. The van der Waals surface area contributed by atoms with E-state index in [-0.39, 0.29) is 5.01 Å². The molecule has 0 fully saturated rings. The lowest BCUT2D eigenvalue weighted by atomic mass is 10.0. The van der Waals surface area contributed by atoms with Crippen molar-refractivity contribution in [2.45, 2.75) is 24.4 Å². The summed E-state index contributed by atoms with van der Waals surface area (Å²) in [7, 11) is 0. The fraction of sp³-hybridized carbons (Fsp3) is 0.357. The highest BCUT2D eigenvalue weighted by atomic mass is 32.1. The first-order valence-electron chi connectivity index (χ1n) is 7.13. The fourth-order valence-electron chi connectivity index (χ4n) is 2.19. The van der Waals surface area contributed by atoms with Gasteiger partial charge in [-0.3, -0.25) is 0 Å². The second-order valence-corrected chi connectivity index (χ2v) is 6.19. The third-order valence-corrected chi connectivity index (χ3v) is 4.52. The number of rotatable bonds is 6. The van der Waals surface area contributed by atoms with Crippen molar-refractivity contribution in [3.8, 4) is 11.4 Å². The van der Waals surface area contributed by atoms with Crippen LogP contribution in [0.5, 0.6) is 0 Å². The Morgan fingerprint density at radius 2 is 1.71 bits per heavy atom. The van der Waals surface area contributed by atoms with Crippen LogP contribution in [-0.4, -0.2) is 70.3 Å². The van der Waals surface area contributed by atoms with Gasteiger partial charge in [0, 0.05) is 5.56 Å². The summed E-state index contributed by atoms with van der Waals surface area (Å²) in [5.74, 6) is 0.478. The minimum Gasteiger partial charge on any atom is -0.394 e. The van der Waals surface area contributed by atoms with Gasteiger partial charge < -0.3 is 25.5 Å². The van der Waals surface area contributed by atoms with E-state index >= 15 is 0 Å². The first kappa shape index (κ1) is 16.9. The van der Waals surface area contributed by atoms with Gasteiger partial charge in [0.05, 0.1) is 6.61 Å². The van der Waals surface area contributed by atoms with Crippen molar-refractivity contribution in [3.05, 3.63) is 35.3 Å². The molecule has 0 aliphatic carbocycles. The van der Waals surface area contributed by atoms with Gasteiger partial charge in [-0.15, -0.1) is 10.2 Å². The van der Waals surface area contributed by atoms with E-state index in [1.807, 2.05) is 30.3 Å². The maximum Gasteiger partial charge on any atom is 0.235 e. The smallest absolute Gasteiger partial charge is 0.235 e. The first-order chi connectivity index (χ1) is 11.5. The molecule has 3 rings (SSSR count). The molecule has 10 heteroatoms. The Labute approximate surface area is 140 Å². The third kappa shape index (κ3) is 3.02. The van der Waals surface area contributed by atoms with Crippen LogP contribution in [0.3, 0.4) is 0 Å². The second kappa shape index (κ2) is 6.89. The average molecular weight is 352 g/mol. The second-order valence-electron chi connectivity index (χ2n) is 5.20. The van der Waals surface area contributed by atoms with Crippen LogP contribution in [-0.2, 0) is 0 Å². The SMILES string of the molecule is OC[C@@H](O)[C@@H](O)[C@H](O)[C@@H](O)c1nn2c(-c3ccccc3)nnc2s1. The third-order valence-electron chi connectivity index (χ3n) is 3.55.